The summed E-state index contributed by atoms with van der Waals surface area (Å²) in [6, 6.07) is 13.9. The average Bonchev–Trinajstić information content (AvgIpc) is 3.30. The summed E-state index contributed by atoms with van der Waals surface area (Å²) in [7, 11) is 0. The SMILES string of the molecule is CC(=O)c1ccc(NC(=O)Cc2cc(-c3ccc4c(c3)OCO4)on2)cc1. The fourth-order valence-electron chi connectivity index (χ4n) is 2.74. The van der Waals surface area contributed by atoms with Crippen LogP contribution in [0, 0.1) is 0 Å². The molecule has 1 amide bonds. The first-order valence-corrected chi connectivity index (χ1v) is 8.35. The Morgan fingerprint density at radius 3 is 2.59 bits per heavy atom. The number of amides is 1. The molecule has 7 heteroatoms. The van der Waals surface area contributed by atoms with Crippen LogP contribution in [-0.4, -0.2) is 23.6 Å². The molecule has 7 nitrogen and oxygen atoms in total. The number of carbonyl (C=O) groups is 2. The van der Waals surface area contributed by atoms with Crippen LogP contribution < -0.4 is 14.8 Å². The van der Waals surface area contributed by atoms with E-state index < -0.39 is 0 Å². The van der Waals surface area contributed by atoms with Gasteiger partial charge in [-0.3, -0.25) is 9.59 Å². The fraction of sp³-hybridized carbons (Fsp3) is 0.150. The Balaban J connectivity index is 1.41. The number of benzene rings is 2. The van der Waals surface area contributed by atoms with Crippen LogP contribution in [0.3, 0.4) is 0 Å². The van der Waals surface area contributed by atoms with E-state index in [1.54, 1.807) is 36.4 Å². The first kappa shape index (κ1) is 16.8. The van der Waals surface area contributed by atoms with Gasteiger partial charge in [0.05, 0.1) is 12.1 Å². The number of hydrogen-bond donors (Lipinski definition) is 1. The molecule has 0 saturated heterocycles. The van der Waals surface area contributed by atoms with Crippen LogP contribution in [0.15, 0.2) is 53.1 Å². The summed E-state index contributed by atoms with van der Waals surface area (Å²) in [5.41, 5.74) is 2.51. The summed E-state index contributed by atoms with van der Waals surface area (Å²) >= 11 is 0. The maximum Gasteiger partial charge on any atom is 0.231 e. The number of aromatic nitrogens is 1. The number of ketones is 1. The monoisotopic (exact) mass is 364 g/mol. The van der Waals surface area contributed by atoms with E-state index in [0.717, 1.165) is 5.56 Å². The quantitative estimate of drug-likeness (QED) is 0.697. The highest BCUT2D eigenvalue weighted by atomic mass is 16.7. The Labute approximate surface area is 154 Å². The predicted octanol–water partition coefficient (Wildman–Crippen LogP) is 3.45. The first-order valence-electron chi connectivity index (χ1n) is 8.35. The number of anilines is 1. The van der Waals surface area contributed by atoms with Crippen molar-refractivity contribution < 1.29 is 23.6 Å². The van der Waals surface area contributed by atoms with Crippen molar-refractivity contribution in [3.8, 4) is 22.8 Å². The number of Topliss-reactive ketones (excluding diaryl/α,β-unsaturated/α-hetero) is 1. The van der Waals surface area contributed by atoms with E-state index in [9.17, 15) is 9.59 Å². The number of fused-ring (bicyclic) bond motifs is 1. The average molecular weight is 364 g/mol. The first-order chi connectivity index (χ1) is 13.1. The van der Waals surface area contributed by atoms with Crippen LogP contribution in [0.1, 0.15) is 23.0 Å². The van der Waals surface area contributed by atoms with Crippen molar-refractivity contribution in [3.63, 3.8) is 0 Å². The summed E-state index contributed by atoms with van der Waals surface area (Å²) in [4.78, 5) is 23.5. The maximum atomic E-state index is 12.2. The summed E-state index contributed by atoms with van der Waals surface area (Å²) < 4.78 is 16.0. The van der Waals surface area contributed by atoms with Gasteiger partial charge in [-0.15, -0.1) is 0 Å². The number of ether oxygens (including phenoxy) is 2. The third kappa shape index (κ3) is 3.67. The summed E-state index contributed by atoms with van der Waals surface area (Å²) in [6.07, 6.45) is 0.0719. The second kappa shape index (κ2) is 6.95. The molecule has 0 bridgehead atoms. The van der Waals surface area contributed by atoms with Gasteiger partial charge in [-0.05, 0) is 49.4 Å². The molecule has 1 N–H and O–H groups in total. The molecule has 1 aliphatic rings. The van der Waals surface area contributed by atoms with Gasteiger partial charge in [0.25, 0.3) is 0 Å². The molecule has 0 spiro atoms. The zero-order chi connectivity index (χ0) is 18.8. The van der Waals surface area contributed by atoms with Crippen molar-refractivity contribution in [1.82, 2.24) is 5.16 Å². The van der Waals surface area contributed by atoms with Crippen molar-refractivity contribution in [2.45, 2.75) is 13.3 Å². The standard InChI is InChI=1S/C20H16N2O5/c1-12(23)13-2-5-15(6-3-13)21-20(24)10-16-9-18(27-22-16)14-4-7-17-19(8-14)26-11-25-17/h2-9H,10-11H2,1H3,(H,21,24). The minimum Gasteiger partial charge on any atom is -0.454 e. The van der Waals surface area contributed by atoms with Gasteiger partial charge >= 0.3 is 0 Å². The van der Waals surface area contributed by atoms with Crippen LogP contribution in [0.2, 0.25) is 0 Å². The number of rotatable bonds is 5. The Hall–Kier alpha value is -3.61. The van der Waals surface area contributed by atoms with Gasteiger partial charge in [-0.1, -0.05) is 5.16 Å². The molecule has 2 aromatic carbocycles. The Bertz CT molecular complexity index is 1010. The molecule has 27 heavy (non-hydrogen) atoms. The van der Waals surface area contributed by atoms with E-state index in [1.165, 1.54) is 6.92 Å². The van der Waals surface area contributed by atoms with E-state index in [1.807, 2.05) is 12.1 Å². The van der Waals surface area contributed by atoms with Gasteiger partial charge < -0.3 is 19.3 Å². The second-order valence-electron chi connectivity index (χ2n) is 6.11. The van der Waals surface area contributed by atoms with Crippen molar-refractivity contribution >= 4 is 17.4 Å². The van der Waals surface area contributed by atoms with Crippen LogP contribution in [-0.2, 0) is 11.2 Å². The summed E-state index contributed by atoms with van der Waals surface area (Å²) in [5, 5.41) is 6.72. The molecule has 0 aliphatic carbocycles. The highest BCUT2D eigenvalue weighted by Gasteiger charge is 2.16. The molecular formula is C20H16N2O5. The Morgan fingerprint density at radius 2 is 1.81 bits per heavy atom. The lowest BCUT2D eigenvalue weighted by Gasteiger charge is -2.04. The zero-order valence-electron chi connectivity index (χ0n) is 14.5. The van der Waals surface area contributed by atoms with E-state index in [4.69, 9.17) is 14.0 Å². The topological polar surface area (TPSA) is 90.7 Å². The Morgan fingerprint density at radius 1 is 1.04 bits per heavy atom. The van der Waals surface area contributed by atoms with E-state index in [-0.39, 0.29) is 24.9 Å². The molecular weight excluding hydrogens is 348 g/mol. The largest absolute Gasteiger partial charge is 0.454 e. The van der Waals surface area contributed by atoms with Crippen molar-refractivity contribution in [2.24, 2.45) is 0 Å². The molecule has 1 aromatic heterocycles. The zero-order valence-corrected chi connectivity index (χ0v) is 14.5. The van der Waals surface area contributed by atoms with Crippen molar-refractivity contribution in [3.05, 3.63) is 59.8 Å². The lowest BCUT2D eigenvalue weighted by molar-refractivity contribution is -0.115. The highest BCUT2D eigenvalue weighted by molar-refractivity contribution is 5.96. The van der Waals surface area contributed by atoms with Gasteiger partial charge in [0.2, 0.25) is 12.7 Å². The van der Waals surface area contributed by atoms with Gasteiger partial charge in [0, 0.05) is 22.9 Å². The van der Waals surface area contributed by atoms with Crippen molar-refractivity contribution in [2.75, 3.05) is 12.1 Å². The number of nitrogens with one attached hydrogen (secondary N) is 1. The lowest BCUT2D eigenvalue weighted by Crippen LogP contribution is -2.14. The smallest absolute Gasteiger partial charge is 0.231 e. The minimum atomic E-state index is -0.226. The fourth-order valence-corrected chi connectivity index (χ4v) is 2.74. The summed E-state index contributed by atoms with van der Waals surface area (Å²) in [6.45, 7) is 1.70. The Kier molecular flexibility index (Phi) is 4.33. The summed E-state index contributed by atoms with van der Waals surface area (Å²) in [5.74, 6) is 1.63. The van der Waals surface area contributed by atoms with Gasteiger partial charge in [-0.2, -0.15) is 0 Å². The molecule has 0 unspecified atom stereocenters. The third-order valence-electron chi connectivity index (χ3n) is 4.13. The molecule has 0 atom stereocenters. The minimum absolute atomic E-state index is 0.0217. The van der Waals surface area contributed by atoms with Gasteiger partial charge in [0.15, 0.2) is 23.0 Å². The molecule has 0 fully saturated rings. The second-order valence-corrected chi connectivity index (χ2v) is 6.11. The van der Waals surface area contributed by atoms with Gasteiger partial charge in [0.1, 0.15) is 0 Å². The molecule has 0 radical (unpaired) electrons. The predicted molar refractivity (Wildman–Crippen MR) is 96.8 cm³/mol. The number of nitrogens with zero attached hydrogens (tertiary/aromatic N) is 1. The van der Waals surface area contributed by atoms with E-state index in [2.05, 4.69) is 10.5 Å². The molecule has 0 saturated carbocycles. The number of carbonyl (C=O) groups excluding carboxylic acids is 2. The molecule has 136 valence electrons. The van der Waals surface area contributed by atoms with Crippen LogP contribution in [0.5, 0.6) is 11.5 Å². The highest BCUT2D eigenvalue weighted by Crippen LogP contribution is 2.36. The van der Waals surface area contributed by atoms with E-state index >= 15 is 0 Å². The maximum absolute atomic E-state index is 12.2. The van der Waals surface area contributed by atoms with Crippen LogP contribution in [0.25, 0.3) is 11.3 Å². The van der Waals surface area contributed by atoms with E-state index in [0.29, 0.717) is 34.2 Å². The van der Waals surface area contributed by atoms with Crippen LogP contribution >= 0.6 is 0 Å². The molecule has 2 heterocycles. The van der Waals surface area contributed by atoms with Crippen LogP contribution in [0.4, 0.5) is 5.69 Å². The van der Waals surface area contributed by atoms with Crippen molar-refractivity contribution in [1.29, 1.82) is 0 Å². The molecule has 3 aromatic rings. The normalized spacial score (nSPS) is 12.0. The molecule has 1 aliphatic heterocycles. The van der Waals surface area contributed by atoms with Gasteiger partial charge in [-0.25, -0.2) is 0 Å². The third-order valence-corrected chi connectivity index (χ3v) is 4.13. The number of hydrogen-bond acceptors (Lipinski definition) is 6. The molecule has 4 rings (SSSR count). The lowest BCUT2D eigenvalue weighted by atomic mass is 10.1.